The van der Waals surface area contributed by atoms with Gasteiger partial charge in [0.2, 0.25) is 10.0 Å². The van der Waals surface area contributed by atoms with Crippen LogP contribution in [0.1, 0.15) is 6.42 Å². The van der Waals surface area contributed by atoms with Gasteiger partial charge in [-0.1, -0.05) is 18.2 Å². The lowest BCUT2D eigenvalue weighted by Crippen LogP contribution is -2.29. The molecule has 0 unspecified atom stereocenters. The van der Waals surface area contributed by atoms with Gasteiger partial charge in [0.15, 0.2) is 0 Å². The highest BCUT2D eigenvalue weighted by molar-refractivity contribution is 7.89. The molecule has 0 spiro atoms. The van der Waals surface area contributed by atoms with Crippen LogP contribution in [0, 0.1) is 0 Å². The van der Waals surface area contributed by atoms with Crippen molar-refractivity contribution in [3.63, 3.8) is 0 Å². The number of rotatable bonds is 2. The van der Waals surface area contributed by atoms with Crippen molar-refractivity contribution < 1.29 is 13.2 Å². The molecule has 2 aromatic rings. The first-order valence-electron chi connectivity index (χ1n) is 5.94. The van der Waals surface area contributed by atoms with Crippen molar-refractivity contribution in [1.29, 1.82) is 0 Å². The zero-order valence-corrected chi connectivity index (χ0v) is 10.9. The third-order valence-electron chi connectivity index (χ3n) is 3.21. The first kappa shape index (κ1) is 12.3. The first-order valence-corrected chi connectivity index (χ1v) is 7.38. The topological polar surface area (TPSA) is 67.3 Å². The molecule has 0 atom stereocenters. The molecule has 1 aromatic heterocycles. The Kier molecular flexibility index (Phi) is 2.83. The summed E-state index contributed by atoms with van der Waals surface area (Å²) in [5.74, 6) is -0.0447. The highest BCUT2D eigenvalue weighted by Gasteiger charge is 2.32. The Hall–Kier alpha value is -1.79. The number of nitrogens with zero attached hydrogens (tertiary/aromatic N) is 2. The number of benzene rings is 1. The molecule has 0 bridgehead atoms. The minimum absolute atomic E-state index is 0.0362. The van der Waals surface area contributed by atoms with Gasteiger partial charge in [-0.15, -0.1) is 0 Å². The minimum Gasteiger partial charge on any atom is -0.298 e. The third kappa shape index (κ3) is 2.02. The molecular formula is C13H12N2O3S. The lowest BCUT2D eigenvalue weighted by molar-refractivity contribution is -0.116. The summed E-state index contributed by atoms with van der Waals surface area (Å²) in [6.07, 6.45) is 1.86. The molecule has 1 aromatic carbocycles. The molecule has 6 heteroatoms. The van der Waals surface area contributed by atoms with E-state index < -0.39 is 10.0 Å². The van der Waals surface area contributed by atoms with E-state index in [1.54, 1.807) is 18.3 Å². The van der Waals surface area contributed by atoms with Gasteiger partial charge in [0, 0.05) is 24.5 Å². The molecule has 1 aliphatic heterocycles. The van der Waals surface area contributed by atoms with E-state index in [4.69, 9.17) is 0 Å². The molecular weight excluding hydrogens is 264 g/mol. The average molecular weight is 276 g/mol. The van der Waals surface area contributed by atoms with Crippen LogP contribution in [0.25, 0.3) is 10.9 Å². The number of fused-ring (bicyclic) bond motifs is 1. The molecule has 2 heterocycles. The number of carbonyl (C=O) groups excluding carboxylic acids is 1. The molecule has 5 nitrogen and oxygen atoms in total. The molecule has 1 aliphatic rings. The molecule has 0 saturated carbocycles. The largest absolute Gasteiger partial charge is 0.298 e. The molecule has 19 heavy (non-hydrogen) atoms. The number of Topliss-reactive ketones (excluding diaryl/α,β-unsaturated/α-hetero) is 1. The van der Waals surface area contributed by atoms with Crippen LogP contribution in [0.5, 0.6) is 0 Å². The summed E-state index contributed by atoms with van der Waals surface area (Å²) in [5.41, 5.74) is 0.448. The highest BCUT2D eigenvalue weighted by Crippen LogP contribution is 2.25. The Morgan fingerprint density at radius 1 is 1.16 bits per heavy atom. The summed E-state index contributed by atoms with van der Waals surface area (Å²) < 4.78 is 26.3. The molecule has 0 amide bonds. The molecule has 0 N–H and O–H groups in total. The number of carbonyl (C=O) groups is 1. The van der Waals surface area contributed by atoms with Gasteiger partial charge in [-0.05, 0) is 12.1 Å². The van der Waals surface area contributed by atoms with E-state index in [1.807, 2.05) is 12.1 Å². The van der Waals surface area contributed by atoms with Crippen molar-refractivity contribution in [3.8, 4) is 0 Å². The normalized spacial score (nSPS) is 17.2. The van der Waals surface area contributed by atoms with Gasteiger partial charge in [0.1, 0.15) is 10.7 Å². The van der Waals surface area contributed by atoms with Gasteiger partial charge in [-0.25, -0.2) is 8.42 Å². The van der Waals surface area contributed by atoms with E-state index in [1.165, 1.54) is 10.4 Å². The SMILES string of the molecule is O=C1CCN(S(=O)(=O)c2cccc3cccnc23)C1. The van der Waals surface area contributed by atoms with Crippen molar-refractivity contribution in [2.75, 3.05) is 13.1 Å². The van der Waals surface area contributed by atoms with E-state index in [0.717, 1.165) is 5.39 Å². The molecule has 0 radical (unpaired) electrons. The number of pyridine rings is 1. The molecule has 98 valence electrons. The number of sulfonamides is 1. The summed E-state index contributed by atoms with van der Waals surface area (Å²) in [5, 5.41) is 0.772. The number of ketones is 1. The smallest absolute Gasteiger partial charge is 0.245 e. The van der Waals surface area contributed by atoms with Crippen molar-refractivity contribution in [3.05, 3.63) is 36.5 Å². The fourth-order valence-corrected chi connectivity index (χ4v) is 3.82. The third-order valence-corrected chi connectivity index (χ3v) is 5.08. The molecule has 0 aliphatic carbocycles. The minimum atomic E-state index is -3.65. The average Bonchev–Trinajstić information content (AvgIpc) is 2.85. The second-order valence-corrected chi connectivity index (χ2v) is 6.36. The quantitative estimate of drug-likeness (QED) is 0.826. The van der Waals surface area contributed by atoms with Gasteiger partial charge >= 0.3 is 0 Å². The molecule has 1 saturated heterocycles. The summed E-state index contributed by atoms with van der Waals surface area (Å²) in [6.45, 7) is 0.218. The van der Waals surface area contributed by atoms with Gasteiger partial charge in [0.05, 0.1) is 12.1 Å². The lowest BCUT2D eigenvalue weighted by Gasteiger charge is -2.15. The Bertz CT molecular complexity index is 750. The summed E-state index contributed by atoms with van der Waals surface area (Å²) in [7, 11) is -3.65. The maximum Gasteiger partial charge on any atom is 0.245 e. The van der Waals surface area contributed by atoms with E-state index in [0.29, 0.717) is 5.52 Å². The number of aromatic nitrogens is 1. The Labute approximate surface area is 110 Å². The van der Waals surface area contributed by atoms with Crippen LogP contribution >= 0.6 is 0 Å². The predicted octanol–water partition coefficient (Wildman–Crippen LogP) is 1.20. The van der Waals surface area contributed by atoms with Crippen molar-refractivity contribution >= 4 is 26.7 Å². The zero-order chi connectivity index (χ0) is 13.5. The fourth-order valence-electron chi connectivity index (χ4n) is 2.23. The number of hydrogen-bond donors (Lipinski definition) is 0. The summed E-state index contributed by atoms with van der Waals surface area (Å²) in [4.78, 5) is 15.6. The van der Waals surface area contributed by atoms with Crippen LogP contribution in [-0.2, 0) is 14.8 Å². The summed E-state index contributed by atoms with van der Waals surface area (Å²) >= 11 is 0. The van der Waals surface area contributed by atoms with Gasteiger partial charge < -0.3 is 0 Å². The van der Waals surface area contributed by atoms with Crippen molar-refractivity contribution in [1.82, 2.24) is 9.29 Å². The molecule has 1 fully saturated rings. The maximum absolute atomic E-state index is 12.5. The number of hydrogen-bond acceptors (Lipinski definition) is 4. The van der Waals surface area contributed by atoms with Crippen LogP contribution in [0.15, 0.2) is 41.4 Å². The van der Waals surface area contributed by atoms with Crippen molar-refractivity contribution in [2.45, 2.75) is 11.3 Å². The predicted molar refractivity (Wildman–Crippen MR) is 70.1 cm³/mol. The fraction of sp³-hybridized carbons (Fsp3) is 0.231. The van der Waals surface area contributed by atoms with E-state index in [9.17, 15) is 13.2 Å². The number of para-hydroxylation sites is 1. The Balaban J connectivity index is 2.16. The second-order valence-electron chi connectivity index (χ2n) is 4.46. The van der Waals surface area contributed by atoms with Gasteiger partial charge in [0.25, 0.3) is 0 Å². The van der Waals surface area contributed by atoms with Crippen LogP contribution < -0.4 is 0 Å². The first-order chi connectivity index (χ1) is 9.09. The Morgan fingerprint density at radius 3 is 2.68 bits per heavy atom. The lowest BCUT2D eigenvalue weighted by atomic mass is 10.2. The zero-order valence-electron chi connectivity index (χ0n) is 10.1. The van der Waals surface area contributed by atoms with Crippen LogP contribution in [-0.4, -0.2) is 36.6 Å². The molecule has 3 rings (SSSR count). The second kappa shape index (κ2) is 4.40. The van der Waals surface area contributed by atoms with Crippen LogP contribution in [0.2, 0.25) is 0 Å². The van der Waals surface area contributed by atoms with E-state index >= 15 is 0 Å². The van der Waals surface area contributed by atoms with Crippen molar-refractivity contribution in [2.24, 2.45) is 0 Å². The van der Waals surface area contributed by atoms with E-state index in [2.05, 4.69) is 4.98 Å². The Morgan fingerprint density at radius 2 is 1.95 bits per heavy atom. The van der Waals surface area contributed by atoms with Crippen LogP contribution in [0.4, 0.5) is 0 Å². The standard InChI is InChI=1S/C13H12N2O3S/c16-11-6-8-15(9-11)19(17,18)12-5-1-3-10-4-2-7-14-13(10)12/h1-5,7H,6,8-9H2. The van der Waals surface area contributed by atoms with Crippen LogP contribution in [0.3, 0.4) is 0 Å². The summed E-state index contributed by atoms with van der Waals surface area (Å²) in [6, 6.07) is 8.62. The highest BCUT2D eigenvalue weighted by atomic mass is 32.2. The monoisotopic (exact) mass is 276 g/mol. The van der Waals surface area contributed by atoms with Gasteiger partial charge in [-0.3, -0.25) is 9.78 Å². The van der Waals surface area contributed by atoms with E-state index in [-0.39, 0.29) is 30.2 Å². The maximum atomic E-state index is 12.5. The van der Waals surface area contributed by atoms with Gasteiger partial charge in [-0.2, -0.15) is 4.31 Å².